The number of halogens is 4. The van der Waals surface area contributed by atoms with E-state index in [1.54, 1.807) is 0 Å². The molecule has 110 valence electrons. The summed E-state index contributed by atoms with van der Waals surface area (Å²) in [5.41, 5.74) is 0.212. The molecule has 0 N–H and O–H groups in total. The van der Waals surface area contributed by atoms with Crippen LogP contribution >= 0.6 is 0 Å². The number of hydrogen-bond donors (Lipinski definition) is 0. The number of rotatable bonds is 4. The van der Waals surface area contributed by atoms with Gasteiger partial charge in [0.05, 0.1) is 5.56 Å². The number of benzene rings is 2. The van der Waals surface area contributed by atoms with E-state index in [1.165, 1.54) is 36.4 Å². The Balaban J connectivity index is 2.43. The highest BCUT2D eigenvalue weighted by Gasteiger charge is 2.31. The number of carbonyl (C=O) groups excluding carboxylic acids is 1. The van der Waals surface area contributed by atoms with Crippen LogP contribution in [0.3, 0.4) is 0 Å². The van der Waals surface area contributed by atoms with E-state index >= 15 is 0 Å². The maximum Gasteiger partial charge on any atom is 0.416 e. The summed E-state index contributed by atoms with van der Waals surface area (Å²) in [4.78, 5) is 10.8. The van der Waals surface area contributed by atoms with Crippen LogP contribution < -0.4 is 0 Å². The molecule has 0 heterocycles. The lowest BCUT2D eigenvalue weighted by Gasteiger charge is -2.17. The summed E-state index contributed by atoms with van der Waals surface area (Å²) in [5.74, 6) is -0.960. The minimum absolute atomic E-state index is 0.0347. The van der Waals surface area contributed by atoms with Gasteiger partial charge in [-0.3, -0.25) is 0 Å². The van der Waals surface area contributed by atoms with Gasteiger partial charge in [-0.1, -0.05) is 30.3 Å². The monoisotopic (exact) mass is 296 g/mol. The molecule has 0 saturated heterocycles. The lowest BCUT2D eigenvalue weighted by molar-refractivity contribution is -0.137. The highest BCUT2D eigenvalue weighted by molar-refractivity contribution is 5.54. The Morgan fingerprint density at radius 1 is 1.00 bits per heavy atom. The van der Waals surface area contributed by atoms with E-state index < -0.39 is 23.5 Å². The summed E-state index contributed by atoms with van der Waals surface area (Å²) in [7, 11) is 0. The minimum atomic E-state index is -4.44. The van der Waals surface area contributed by atoms with E-state index in [-0.39, 0.29) is 6.42 Å². The van der Waals surface area contributed by atoms with Gasteiger partial charge in [-0.15, -0.1) is 0 Å². The molecule has 0 unspecified atom stereocenters. The lowest BCUT2D eigenvalue weighted by atomic mass is 9.88. The van der Waals surface area contributed by atoms with E-state index in [4.69, 9.17) is 0 Å². The summed E-state index contributed by atoms with van der Waals surface area (Å²) >= 11 is 0. The molecule has 0 aliphatic rings. The molecule has 0 aliphatic heterocycles. The van der Waals surface area contributed by atoms with Gasteiger partial charge in [-0.05, 0) is 29.3 Å². The fraction of sp³-hybridized carbons (Fsp3) is 0.188. The molecule has 0 aromatic heterocycles. The van der Waals surface area contributed by atoms with Gasteiger partial charge in [-0.25, -0.2) is 4.39 Å². The molecule has 1 nitrogen and oxygen atoms in total. The van der Waals surface area contributed by atoms with Gasteiger partial charge in [0.25, 0.3) is 0 Å². The van der Waals surface area contributed by atoms with Gasteiger partial charge in [0.2, 0.25) is 0 Å². The third kappa shape index (κ3) is 3.68. The number of hydrogen-bond acceptors (Lipinski definition) is 1. The lowest BCUT2D eigenvalue weighted by Crippen LogP contribution is -2.08. The first-order valence-electron chi connectivity index (χ1n) is 6.28. The molecular weight excluding hydrogens is 284 g/mol. The first-order chi connectivity index (χ1) is 9.91. The van der Waals surface area contributed by atoms with Gasteiger partial charge >= 0.3 is 6.18 Å². The molecule has 5 heteroatoms. The van der Waals surface area contributed by atoms with Crippen LogP contribution in [0.25, 0.3) is 0 Å². The zero-order valence-electron chi connectivity index (χ0n) is 10.9. The van der Waals surface area contributed by atoms with Crippen LogP contribution in [-0.4, -0.2) is 6.29 Å². The molecule has 0 spiro atoms. The highest BCUT2D eigenvalue weighted by Crippen LogP contribution is 2.33. The Morgan fingerprint density at radius 3 is 2.24 bits per heavy atom. The van der Waals surface area contributed by atoms with Crippen LogP contribution in [0.4, 0.5) is 17.6 Å². The van der Waals surface area contributed by atoms with Crippen LogP contribution in [0, 0.1) is 5.82 Å². The second-order valence-corrected chi connectivity index (χ2v) is 4.63. The Hall–Kier alpha value is -2.17. The van der Waals surface area contributed by atoms with Crippen molar-refractivity contribution in [3.8, 4) is 0 Å². The van der Waals surface area contributed by atoms with E-state index in [9.17, 15) is 22.4 Å². The average Bonchev–Trinajstić information content (AvgIpc) is 2.45. The predicted octanol–water partition coefficient (Wildman–Crippen LogP) is 4.57. The predicted molar refractivity (Wildman–Crippen MR) is 70.4 cm³/mol. The molecular formula is C16H12F4O. The summed E-state index contributed by atoms with van der Waals surface area (Å²) in [5, 5.41) is 0. The van der Waals surface area contributed by atoms with Gasteiger partial charge in [0.1, 0.15) is 12.1 Å². The van der Waals surface area contributed by atoms with Crippen LogP contribution in [0.2, 0.25) is 0 Å². The van der Waals surface area contributed by atoms with Crippen molar-refractivity contribution in [1.29, 1.82) is 0 Å². The Morgan fingerprint density at radius 2 is 1.67 bits per heavy atom. The molecule has 2 rings (SSSR count). The normalized spacial score (nSPS) is 13.0. The largest absolute Gasteiger partial charge is 0.416 e. The fourth-order valence-corrected chi connectivity index (χ4v) is 2.19. The second kappa shape index (κ2) is 6.08. The molecule has 2 aromatic rings. The highest BCUT2D eigenvalue weighted by atomic mass is 19.4. The molecule has 0 aliphatic carbocycles. The topological polar surface area (TPSA) is 17.1 Å². The van der Waals surface area contributed by atoms with Crippen LogP contribution in [-0.2, 0) is 11.0 Å². The number of carbonyl (C=O) groups is 1. The van der Waals surface area contributed by atoms with Crippen LogP contribution in [0.5, 0.6) is 0 Å². The summed E-state index contributed by atoms with van der Waals surface area (Å²) < 4.78 is 51.2. The standard InChI is InChI=1S/C16H12F4O/c17-14-6-4-11(5-7-14)15(8-9-21)12-2-1-3-13(10-12)16(18,19)20/h1-7,9-10,15H,8H2/t15-/m0/s1. The van der Waals surface area contributed by atoms with E-state index in [0.717, 1.165) is 12.1 Å². The second-order valence-electron chi connectivity index (χ2n) is 4.63. The molecule has 0 fully saturated rings. The molecule has 0 radical (unpaired) electrons. The van der Waals surface area contributed by atoms with E-state index in [2.05, 4.69) is 0 Å². The van der Waals surface area contributed by atoms with Crippen molar-refractivity contribution in [2.45, 2.75) is 18.5 Å². The molecule has 1 atom stereocenters. The van der Waals surface area contributed by atoms with Gasteiger partial charge in [0, 0.05) is 12.3 Å². The summed E-state index contributed by atoms with van der Waals surface area (Å²) in [6, 6.07) is 10.2. The first kappa shape index (κ1) is 15.2. The average molecular weight is 296 g/mol. The molecule has 0 bridgehead atoms. The molecule has 21 heavy (non-hydrogen) atoms. The van der Waals surface area contributed by atoms with Crippen molar-refractivity contribution in [3.63, 3.8) is 0 Å². The van der Waals surface area contributed by atoms with Crippen molar-refractivity contribution in [1.82, 2.24) is 0 Å². The fourth-order valence-electron chi connectivity index (χ4n) is 2.19. The zero-order chi connectivity index (χ0) is 15.5. The van der Waals surface area contributed by atoms with Crippen molar-refractivity contribution >= 4 is 6.29 Å². The van der Waals surface area contributed by atoms with E-state index in [0.29, 0.717) is 17.4 Å². The maximum atomic E-state index is 12.9. The van der Waals surface area contributed by atoms with Crippen LogP contribution in [0.1, 0.15) is 29.0 Å². The Labute approximate surface area is 119 Å². The van der Waals surface area contributed by atoms with Crippen molar-refractivity contribution in [2.24, 2.45) is 0 Å². The molecule has 0 saturated carbocycles. The van der Waals surface area contributed by atoms with Gasteiger partial charge in [0.15, 0.2) is 0 Å². The van der Waals surface area contributed by atoms with E-state index in [1.807, 2.05) is 0 Å². The zero-order valence-corrected chi connectivity index (χ0v) is 10.9. The van der Waals surface area contributed by atoms with Crippen LogP contribution in [0.15, 0.2) is 48.5 Å². The summed E-state index contributed by atoms with van der Waals surface area (Å²) in [6.07, 6.45) is -3.76. The first-order valence-corrected chi connectivity index (χ1v) is 6.28. The third-order valence-electron chi connectivity index (χ3n) is 3.22. The van der Waals surface area contributed by atoms with Gasteiger partial charge in [-0.2, -0.15) is 13.2 Å². The number of aldehydes is 1. The quantitative estimate of drug-likeness (QED) is 0.597. The molecule has 0 amide bonds. The Bertz CT molecular complexity index is 617. The maximum absolute atomic E-state index is 12.9. The number of alkyl halides is 3. The molecule has 2 aromatic carbocycles. The summed E-state index contributed by atoms with van der Waals surface area (Å²) in [6.45, 7) is 0. The minimum Gasteiger partial charge on any atom is -0.303 e. The SMILES string of the molecule is O=CC[C@@H](c1ccc(F)cc1)c1cccc(C(F)(F)F)c1. The van der Waals surface area contributed by atoms with Crippen molar-refractivity contribution in [3.05, 3.63) is 71.0 Å². The van der Waals surface area contributed by atoms with Gasteiger partial charge < -0.3 is 4.79 Å². The smallest absolute Gasteiger partial charge is 0.303 e. The Kier molecular flexibility index (Phi) is 4.40. The van der Waals surface area contributed by atoms with Crippen molar-refractivity contribution < 1.29 is 22.4 Å². The third-order valence-corrected chi connectivity index (χ3v) is 3.22. The van der Waals surface area contributed by atoms with Crippen molar-refractivity contribution in [2.75, 3.05) is 0 Å².